The number of anilines is 1. The van der Waals surface area contributed by atoms with Gasteiger partial charge in [0.05, 0.1) is 0 Å². The predicted molar refractivity (Wildman–Crippen MR) is 77.9 cm³/mol. The summed E-state index contributed by atoms with van der Waals surface area (Å²) in [5.41, 5.74) is -0.0382. The van der Waals surface area contributed by atoms with Crippen LogP contribution in [0.3, 0.4) is 0 Å². The first-order valence-corrected chi connectivity index (χ1v) is 8.67. The molecule has 8 nitrogen and oxygen atoms in total. The van der Waals surface area contributed by atoms with Crippen molar-refractivity contribution in [1.29, 1.82) is 0 Å². The summed E-state index contributed by atoms with van der Waals surface area (Å²) in [4.78, 5) is 9.98. The Morgan fingerprint density at radius 3 is 2.00 bits per heavy atom. The van der Waals surface area contributed by atoms with E-state index in [1.807, 2.05) is 0 Å². The van der Waals surface area contributed by atoms with Crippen LogP contribution in [0.5, 0.6) is 0 Å². The molecule has 0 spiro atoms. The maximum atomic E-state index is 11.5. The van der Waals surface area contributed by atoms with Gasteiger partial charge in [-0.2, -0.15) is 16.8 Å². The van der Waals surface area contributed by atoms with Crippen molar-refractivity contribution in [2.75, 3.05) is 5.32 Å². The minimum absolute atomic E-state index is 0. The van der Waals surface area contributed by atoms with E-state index in [9.17, 15) is 30.7 Å². The average molecular weight is 368 g/mol. The molecule has 118 valence electrons. The van der Waals surface area contributed by atoms with Crippen LogP contribution in [0.15, 0.2) is 40.1 Å². The Balaban J connectivity index is 0.00000264. The van der Waals surface area contributed by atoms with E-state index in [0.29, 0.717) is 0 Å². The molecule has 11 heteroatoms. The Kier molecular flexibility index (Phi) is 5.97. The molecule has 2 aromatic carbocycles. The van der Waals surface area contributed by atoms with Crippen LogP contribution in [-0.4, -0.2) is 31.8 Å². The molecule has 0 aromatic heterocycles. The topological polar surface area (TPSA) is 138 Å². The van der Waals surface area contributed by atoms with E-state index in [1.165, 1.54) is 25.1 Å². The molecule has 0 atom stereocenters. The average Bonchev–Trinajstić information content (AvgIpc) is 2.34. The Morgan fingerprint density at radius 2 is 1.52 bits per heavy atom. The van der Waals surface area contributed by atoms with Crippen LogP contribution in [0.25, 0.3) is 10.8 Å². The number of rotatable bonds is 3. The van der Waals surface area contributed by atoms with E-state index in [2.05, 4.69) is 5.32 Å². The van der Waals surface area contributed by atoms with Crippen LogP contribution < -0.4 is 34.9 Å². The first kappa shape index (κ1) is 20.0. The van der Waals surface area contributed by atoms with Crippen LogP contribution in [0.1, 0.15) is 6.92 Å². The van der Waals surface area contributed by atoms with Crippen LogP contribution in [0, 0.1) is 0 Å². The van der Waals surface area contributed by atoms with E-state index >= 15 is 0 Å². The van der Waals surface area contributed by atoms with Crippen molar-refractivity contribution in [3.8, 4) is 0 Å². The molecule has 0 fully saturated rings. The summed E-state index contributed by atoms with van der Waals surface area (Å²) in [5.74, 6) is -0.523. The predicted octanol–water partition coefficient (Wildman–Crippen LogP) is -1.70. The van der Waals surface area contributed by atoms with Crippen molar-refractivity contribution in [2.45, 2.75) is 16.7 Å². The summed E-state index contributed by atoms with van der Waals surface area (Å²) in [6.45, 7) is 1.17. The molecule has 23 heavy (non-hydrogen) atoms. The number of hydrogen-bond donors (Lipinski definition) is 3. The summed E-state index contributed by atoms with van der Waals surface area (Å²) >= 11 is 0. The zero-order valence-corrected chi connectivity index (χ0v) is 15.8. The molecule has 3 N–H and O–H groups in total. The molecule has 0 aliphatic rings. The van der Waals surface area contributed by atoms with Gasteiger partial charge in [0.25, 0.3) is 20.2 Å². The van der Waals surface area contributed by atoms with Gasteiger partial charge >= 0.3 is 29.6 Å². The van der Waals surface area contributed by atoms with Crippen LogP contribution in [0.4, 0.5) is 5.69 Å². The van der Waals surface area contributed by atoms with Crippen LogP contribution >= 0.6 is 0 Å². The third-order valence-electron chi connectivity index (χ3n) is 2.79. The van der Waals surface area contributed by atoms with Crippen molar-refractivity contribution < 1.29 is 60.3 Å². The summed E-state index contributed by atoms with van der Waals surface area (Å²) in [6.07, 6.45) is 0. The zero-order valence-electron chi connectivity index (χ0n) is 12.1. The number of benzene rings is 2. The number of amides is 1. The van der Waals surface area contributed by atoms with Gasteiger partial charge in [-0.1, -0.05) is 12.1 Å². The van der Waals surface area contributed by atoms with E-state index in [-0.39, 0.29) is 46.0 Å². The number of carbonyl (C=O) groups excluding carboxylic acids is 1. The first-order valence-electron chi connectivity index (χ1n) is 5.79. The van der Waals surface area contributed by atoms with Crippen molar-refractivity contribution >= 4 is 42.6 Å². The summed E-state index contributed by atoms with van der Waals surface area (Å²) in [5, 5.41) is 2.04. The second kappa shape index (κ2) is 6.85. The smallest absolute Gasteiger partial charge is 0.326 e. The SMILES string of the molecule is CC(=O)Nc1cc(S(=O)(=O)O)c2cccc(S(=O)(=O)O)c2c1.[Na+]. The standard InChI is InChI=1S/C12H11NO7S2.Na/c1-7(14)13-8-5-10-9(12(6-8)22(18,19)20)3-2-4-11(10)21(15,16)17;/h2-6H,1H3,(H,13,14)(H,15,16,17)(H,18,19,20);/q;+1. The molecule has 0 saturated heterocycles. The minimum Gasteiger partial charge on any atom is -0.326 e. The molecule has 0 aliphatic heterocycles. The monoisotopic (exact) mass is 368 g/mol. The Labute approximate surface area is 154 Å². The maximum absolute atomic E-state index is 11.5. The number of fused-ring (bicyclic) bond motifs is 1. The van der Waals surface area contributed by atoms with Crippen LogP contribution in [-0.2, 0) is 25.0 Å². The van der Waals surface area contributed by atoms with Gasteiger partial charge < -0.3 is 5.32 Å². The Hall–Kier alpha value is -1.01. The minimum atomic E-state index is -4.68. The van der Waals surface area contributed by atoms with Gasteiger partial charge in [-0.05, 0) is 18.2 Å². The molecule has 1 amide bonds. The number of hydrogen-bond acceptors (Lipinski definition) is 5. The van der Waals surface area contributed by atoms with Gasteiger partial charge in [-0.15, -0.1) is 0 Å². The van der Waals surface area contributed by atoms with Gasteiger partial charge in [0, 0.05) is 23.4 Å². The van der Waals surface area contributed by atoms with Gasteiger partial charge in [-0.25, -0.2) is 0 Å². The zero-order chi connectivity index (χ0) is 16.7. The second-order valence-electron chi connectivity index (χ2n) is 4.46. The fraction of sp³-hybridized carbons (Fsp3) is 0.0833. The van der Waals surface area contributed by atoms with Gasteiger partial charge in [-0.3, -0.25) is 13.9 Å². The van der Waals surface area contributed by atoms with Crippen LogP contribution in [0.2, 0.25) is 0 Å². The second-order valence-corrected chi connectivity index (χ2v) is 7.24. The molecule has 2 rings (SSSR count). The maximum Gasteiger partial charge on any atom is 1.00 e. The molecule has 0 bridgehead atoms. The van der Waals surface area contributed by atoms with Crippen molar-refractivity contribution in [1.82, 2.24) is 0 Å². The van der Waals surface area contributed by atoms with E-state index in [0.717, 1.165) is 12.1 Å². The summed E-state index contributed by atoms with van der Waals surface area (Å²) in [6, 6.07) is 5.74. The molecule has 0 unspecified atom stereocenters. The largest absolute Gasteiger partial charge is 1.00 e. The van der Waals surface area contributed by atoms with Crippen molar-refractivity contribution in [3.05, 3.63) is 30.3 Å². The fourth-order valence-electron chi connectivity index (χ4n) is 2.04. The molecule has 0 aliphatic carbocycles. The summed E-state index contributed by atoms with van der Waals surface area (Å²) < 4.78 is 64.3. The molecular formula is C12H11NNaO7S2+. The van der Waals surface area contributed by atoms with Crippen molar-refractivity contribution in [2.24, 2.45) is 0 Å². The quantitative estimate of drug-likeness (QED) is 0.433. The van der Waals surface area contributed by atoms with Crippen molar-refractivity contribution in [3.63, 3.8) is 0 Å². The third kappa shape index (κ3) is 4.51. The first-order chi connectivity index (χ1) is 10.00. The summed E-state index contributed by atoms with van der Waals surface area (Å²) in [7, 11) is -9.30. The molecular weight excluding hydrogens is 357 g/mol. The molecule has 2 aromatic rings. The van der Waals surface area contributed by atoms with E-state index in [4.69, 9.17) is 0 Å². The van der Waals surface area contributed by atoms with Gasteiger partial charge in [0.1, 0.15) is 9.79 Å². The molecule has 0 saturated carbocycles. The third-order valence-corrected chi connectivity index (χ3v) is 4.60. The van der Waals surface area contributed by atoms with Gasteiger partial charge in [0.2, 0.25) is 5.91 Å². The molecule has 0 radical (unpaired) electrons. The number of carbonyl (C=O) groups is 1. The molecule has 0 heterocycles. The van der Waals surface area contributed by atoms with E-state index < -0.39 is 35.9 Å². The Morgan fingerprint density at radius 1 is 0.957 bits per heavy atom. The number of nitrogens with one attached hydrogen (secondary N) is 1. The van der Waals surface area contributed by atoms with E-state index in [1.54, 1.807) is 0 Å². The Bertz CT molecular complexity index is 984. The van der Waals surface area contributed by atoms with Gasteiger partial charge in [0.15, 0.2) is 0 Å². The normalized spacial score (nSPS) is 11.8. The fourth-order valence-corrected chi connectivity index (χ4v) is 3.47.